The van der Waals surface area contributed by atoms with E-state index in [1.54, 1.807) is 66.9 Å². The van der Waals surface area contributed by atoms with Gasteiger partial charge in [-0.25, -0.2) is 0 Å². The Kier molecular flexibility index (Phi) is 9.22. The zero-order valence-electron chi connectivity index (χ0n) is 20.6. The van der Waals surface area contributed by atoms with E-state index in [9.17, 15) is 14.9 Å². The van der Waals surface area contributed by atoms with E-state index in [-0.39, 0.29) is 48.2 Å². The van der Waals surface area contributed by atoms with Gasteiger partial charge in [-0.1, -0.05) is 12.1 Å². The predicted molar refractivity (Wildman–Crippen MR) is 161 cm³/mol. The highest BCUT2D eigenvalue weighted by Crippen LogP contribution is 2.29. The van der Waals surface area contributed by atoms with Crippen LogP contribution in [0.2, 0.25) is 0 Å². The molecule has 0 atom stereocenters. The van der Waals surface area contributed by atoms with Crippen LogP contribution >= 0.6 is 24.8 Å². The summed E-state index contributed by atoms with van der Waals surface area (Å²) in [5.74, 6) is 0.241. The van der Waals surface area contributed by atoms with E-state index in [1.165, 1.54) is 18.2 Å². The van der Waals surface area contributed by atoms with Crippen molar-refractivity contribution in [1.82, 2.24) is 15.0 Å². The lowest BCUT2D eigenvalue weighted by Gasteiger charge is -2.13. The fraction of sp³-hybridized carbons (Fsp3) is 0. The summed E-state index contributed by atoms with van der Waals surface area (Å²) in [6, 6.07) is 21.8. The number of nitro benzene ring substituents is 1. The third-order valence-corrected chi connectivity index (χ3v) is 5.56. The van der Waals surface area contributed by atoms with E-state index in [2.05, 4.69) is 30.9 Å². The SMILES string of the molecule is Cl.Cl.Nc1cc(Nc2ccccc2C(=O)Nc2ccc(Nc3ccnc4ccc([N+](=O)[O-])cc34)cc2)nc(N)n1. The molecule has 5 rings (SSSR count). The number of carbonyl (C=O) groups excluding carboxylic acids is 1. The number of aromatic nitrogens is 3. The van der Waals surface area contributed by atoms with Crippen LogP contribution < -0.4 is 27.4 Å². The van der Waals surface area contributed by atoms with Crippen LogP contribution in [0.15, 0.2) is 85.1 Å². The number of fused-ring (bicyclic) bond motifs is 1. The molecule has 14 heteroatoms. The Morgan fingerprint density at radius 2 is 1.55 bits per heavy atom. The number of nitrogens with two attached hydrogens (primary N) is 2. The second-order valence-electron chi connectivity index (χ2n) is 8.18. The van der Waals surface area contributed by atoms with Crippen molar-refractivity contribution < 1.29 is 9.72 Å². The van der Waals surface area contributed by atoms with Crippen molar-refractivity contribution in [1.29, 1.82) is 0 Å². The van der Waals surface area contributed by atoms with E-state index in [0.29, 0.717) is 39.3 Å². The number of amides is 1. The third-order valence-electron chi connectivity index (χ3n) is 5.56. The predicted octanol–water partition coefficient (Wildman–Crippen LogP) is 5.68. The molecule has 0 unspecified atom stereocenters. The molecule has 7 N–H and O–H groups in total. The number of carbonyl (C=O) groups is 1. The molecule has 2 aromatic heterocycles. The zero-order chi connectivity index (χ0) is 26.6. The fourth-order valence-corrected chi connectivity index (χ4v) is 3.83. The molecule has 40 heavy (non-hydrogen) atoms. The molecule has 0 aliphatic heterocycles. The average molecular weight is 580 g/mol. The van der Waals surface area contributed by atoms with Gasteiger partial charge in [-0.05, 0) is 48.5 Å². The Hall–Kier alpha value is -5.20. The van der Waals surface area contributed by atoms with Crippen LogP contribution in [0.3, 0.4) is 0 Å². The number of hydrogen-bond acceptors (Lipinski definition) is 10. The van der Waals surface area contributed by atoms with E-state index in [1.807, 2.05) is 0 Å². The van der Waals surface area contributed by atoms with Gasteiger partial charge in [0.05, 0.1) is 21.7 Å². The lowest BCUT2D eigenvalue weighted by molar-refractivity contribution is -0.384. The van der Waals surface area contributed by atoms with Crippen molar-refractivity contribution >= 4 is 87.6 Å². The van der Waals surface area contributed by atoms with Crippen LogP contribution in [0.25, 0.3) is 10.9 Å². The lowest BCUT2D eigenvalue weighted by Crippen LogP contribution is -2.14. The van der Waals surface area contributed by atoms with Gasteiger partial charge < -0.3 is 27.4 Å². The fourth-order valence-electron chi connectivity index (χ4n) is 3.83. The Bertz CT molecular complexity index is 1660. The number of anilines is 7. The standard InChI is InChI=1S/C26H21N9O3.2ClH/c27-23-14-24(34-26(28)33-23)32-21-4-2-1-3-18(21)25(36)31-16-7-5-15(6-8-16)30-22-11-12-29-20-10-9-17(35(37)38)13-19(20)22;;/h1-14H,(H,29,30)(H,31,36)(H5,27,28,32,33,34);2*1H. The number of nitrogen functional groups attached to an aromatic ring is 2. The first-order chi connectivity index (χ1) is 18.4. The second kappa shape index (κ2) is 12.6. The van der Waals surface area contributed by atoms with Gasteiger partial charge in [-0.2, -0.15) is 9.97 Å². The monoisotopic (exact) mass is 579 g/mol. The van der Waals surface area contributed by atoms with Gasteiger partial charge in [0.15, 0.2) is 0 Å². The Morgan fingerprint density at radius 3 is 2.27 bits per heavy atom. The first-order valence-electron chi connectivity index (χ1n) is 11.3. The summed E-state index contributed by atoms with van der Waals surface area (Å²) < 4.78 is 0. The minimum atomic E-state index is -0.445. The van der Waals surface area contributed by atoms with Crippen LogP contribution in [0, 0.1) is 10.1 Å². The van der Waals surface area contributed by atoms with Gasteiger partial charge in [0.25, 0.3) is 11.6 Å². The van der Waals surface area contributed by atoms with Gasteiger partial charge in [0, 0.05) is 46.8 Å². The number of pyridine rings is 1. The van der Waals surface area contributed by atoms with Gasteiger partial charge in [0.2, 0.25) is 5.95 Å². The maximum Gasteiger partial charge on any atom is 0.270 e. The molecule has 1 amide bonds. The maximum absolute atomic E-state index is 13.1. The number of non-ortho nitro benzene ring substituents is 1. The number of nitrogens with one attached hydrogen (secondary N) is 3. The van der Waals surface area contributed by atoms with Crippen LogP contribution in [0.1, 0.15) is 10.4 Å². The summed E-state index contributed by atoms with van der Waals surface area (Å²) >= 11 is 0. The van der Waals surface area contributed by atoms with Crippen LogP contribution in [0.5, 0.6) is 0 Å². The summed E-state index contributed by atoms with van der Waals surface area (Å²) in [6.45, 7) is 0. The van der Waals surface area contributed by atoms with Crippen molar-refractivity contribution in [3.05, 3.63) is 101 Å². The van der Waals surface area contributed by atoms with Crippen molar-refractivity contribution in [3.63, 3.8) is 0 Å². The van der Waals surface area contributed by atoms with Gasteiger partial charge >= 0.3 is 0 Å². The highest BCUT2D eigenvalue weighted by atomic mass is 35.5. The Balaban J connectivity index is 0.00000220. The van der Waals surface area contributed by atoms with E-state index in [0.717, 1.165) is 5.69 Å². The zero-order valence-corrected chi connectivity index (χ0v) is 22.2. The highest BCUT2D eigenvalue weighted by molar-refractivity contribution is 6.08. The lowest BCUT2D eigenvalue weighted by atomic mass is 10.1. The smallest absolute Gasteiger partial charge is 0.270 e. The molecule has 0 bridgehead atoms. The maximum atomic E-state index is 13.1. The number of hydrogen-bond donors (Lipinski definition) is 5. The first-order valence-corrected chi connectivity index (χ1v) is 11.3. The molecule has 0 fully saturated rings. The second-order valence-corrected chi connectivity index (χ2v) is 8.18. The molecule has 0 radical (unpaired) electrons. The number of nitro groups is 1. The highest BCUT2D eigenvalue weighted by Gasteiger charge is 2.13. The number of rotatable bonds is 7. The van der Waals surface area contributed by atoms with Crippen molar-refractivity contribution in [2.24, 2.45) is 0 Å². The molecule has 0 aliphatic rings. The molecule has 2 heterocycles. The minimum Gasteiger partial charge on any atom is -0.383 e. The first kappa shape index (κ1) is 29.4. The molecule has 12 nitrogen and oxygen atoms in total. The van der Waals surface area contributed by atoms with Crippen LogP contribution in [0.4, 0.5) is 46.0 Å². The summed E-state index contributed by atoms with van der Waals surface area (Å²) in [5.41, 5.74) is 14.9. The van der Waals surface area contributed by atoms with Crippen molar-refractivity contribution in [2.75, 3.05) is 27.4 Å². The normalized spacial score (nSPS) is 10.1. The number of nitrogens with zero attached hydrogens (tertiary/aromatic N) is 4. The largest absolute Gasteiger partial charge is 0.383 e. The van der Waals surface area contributed by atoms with Crippen LogP contribution in [-0.2, 0) is 0 Å². The summed E-state index contributed by atoms with van der Waals surface area (Å²) in [5, 5.41) is 21.0. The summed E-state index contributed by atoms with van der Waals surface area (Å²) in [6.07, 6.45) is 1.63. The van der Waals surface area contributed by atoms with Crippen molar-refractivity contribution in [3.8, 4) is 0 Å². The van der Waals surface area contributed by atoms with E-state index in [4.69, 9.17) is 11.5 Å². The van der Waals surface area contributed by atoms with E-state index < -0.39 is 4.92 Å². The number of halogens is 2. The van der Waals surface area contributed by atoms with Gasteiger partial charge in [0.1, 0.15) is 11.6 Å². The molecule has 204 valence electrons. The van der Waals surface area contributed by atoms with E-state index >= 15 is 0 Å². The van der Waals surface area contributed by atoms with Gasteiger partial charge in [-0.15, -0.1) is 24.8 Å². The summed E-state index contributed by atoms with van der Waals surface area (Å²) in [7, 11) is 0. The molecule has 5 aromatic rings. The Morgan fingerprint density at radius 1 is 0.825 bits per heavy atom. The van der Waals surface area contributed by atoms with Crippen LogP contribution in [-0.4, -0.2) is 25.8 Å². The number of benzene rings is 3. The quantitative estimate of drug-likeness (QED) is 0.118. The molecular formula is C26H23Cl2N9O3. The Labute approximate surface area is 240 Å². The molecule has 3 aromatic carbocycles. The molecule has 0 saturated carbocycles. The summed E-state index contributed by atoms with van der Waals surface area (Å²) in [4.78, 5) is 36.0. The molecule has 0 saturated heterocycles. The topological polar surface area (TPSA) is 187 Å². The van der Waals surface area contributed by atoms with Gasteiger partial charge in [-0.3, -0.25) is 19.9 Å². The minimum absolute atomic E-state index is 0. The average Bonchev–Trinajstić information content (AvgIpc) is 2.89. The molecular weight excluding hydrogens is 557 g/mol. The molecule has 0 spiro atoms. The van der Waals surface area contributed by atoms with Crippen molar-refractivity contribution in [2.45, 2.75) is 0 Å². The third kappa shape index (κ3) is 6.62. The molecule has 0 aliphatic carbocycles. The number of para-hydroxylation sites is 1.